The van der Waals surface area contributed by atoms with Crippen molar-refractivity contribution in [1.82, 2.24) is 4.90 Å². The third kappa shape index (κ3) is 5.06. The predicted octanol–water partition coefficient (Wildman–Crippen LogP) is 4.80. The highest BCUT2D eigenvalue weighted by Crippen LogP contribution is 2.34. The van der Waals surface area contributed by atoms with Crippen LogP contribution < -0.4 is 4.74 Å². The van der Waals surface area contributed by atoms with Crippen LogP contribution >= 0.6 is 11.8 Å². The quantitative estimate of drug-likeness (QED) is 0.692. The van der Waals surface area contributed by atoms with Crippen LogP contribution in [0.15, 0.2) is 58.4 Å². The molecule has 3 rings (SSSR count). The van der Waals surface area contributed by atoms with Crippen LogP contribution in [-0.4, -0.2) is 39.7 Å². The van der Waals surface area contributed by atoms with E-state index in [4.69, 9.17) is 9.84 Å². The van der Waals surface area contributed by atoms with E-state index in [2.05, 4.69) is 4.99 Å². The molecule has 150 valence electrons. The second-order valence-corrected chi connectivity index (χ2v) is 7.66. The van der Waals surface area contributed by atoms with Gasteiger partial charge in [0.2, 0.25) is 0 Å². The number of hydrogen-bond donors (Lipinski definition) is 1. The van der Waals surface area contributed by atoms with Gasteiger partial charge in [-0.15, -0.1) is 0 Å². The molecule has 0 spiro atoms. The molecule has 0 aromatic heterocycles. The fourth-order valence-electron chi connectivity index (χ4n) is 2.79. The molecule has 1 saturated heterocycles. The van der Waals surface area contributed by atoms with E-state index in [0.717, 1.165) is 11.3 Å². The van der Waals surface area contributed by atoms with E-state index in [9.17, 15) is 9.59 Å². The fourth-order valence-corrected chi connectivity index (χ4v) is 3.85. The highest BCUT2D eigenvalue weighted by Gasteiger charge is 2.32. The largest absolute Gasteiger partial charge is 0.491 e. The highest BCUT2D eigenvalue weighted by atomic mass is 32.2. The summed E-state index contributed by atoms with van der Waals surface area (Å²) in [5.74, 6) is -0.393. The summed E-state index contributed by atoms with van der Waals surface area (Å²) < 4.78 is 5.72. The average molecular weight is 410 g/mol. The number of amidine groups is 1. The molecule has 2 aromatic rings. The summed E-state index contributed by atoms with van der Waals surface area (Å²) in [6.07, 6.45) is 1.88. The minimum absolute atomic E-state index is 0.0660. The number of benzene rings is 2. The Morgan fingerprint density at radius 1 is 1.24 bits per heavy atom. The number of hydrogen-bond acceptors (Lipinski definition) is 5. The molecule has 29 heavy (non-hydrogen) atoms. The number of carbonyl (C=O) groups is 2. The van der Waals surface area contributed by atoms with E-state index in [1.54, 1.807) is 17.0 Å². The van der Waals surface area contributed by atoms with Gasteiger partial charge in [0.1, 0.15) is 5.75 Å². The summed E-state index contributed by atoms with van der Waals surface area (Å²) in [5.41, 5.74) is 1.51. The van der Waals surface area contributed by atoms with Crippen LogP contribution in [0.5, 0.6) is 5.75 Å². The summed E-state index contributed by atoms with van der Waals surface area (Å²) in [6, 6.07) is 13.9. The lowest BCUT2D eigenvalue weighted by atomic mass is 10.2. The normalized spacial score (nSPS) is 16.8. The number of carbonyl (C=O) groups excluding carboxylic acids is 1. The summed E-state index contributed by atoms with van der Waals surface area (Å²) in [5, 5.41) is 9.68. The lowest BCUT2D eigenvalue weighted by Crippen LogP contribution is -2.28. The van der Waals surface area contributed by atoms with E-state index < -0.39 is 5.97 Å². The van der Waals surface area contributed by atoms with E-state index in [-0.39, 0.29) is 17.6 Å². The standard InChI is InChI=1S/C22H22N2O4S/c1-4-24-20(25)19(12-15-7-5-10-18(11-15)28-14(2)3)29-22(24)23-17-9-6-8-16(13-17)21(26)27/h5-14H,4H2,1-3H3,(H,26,27)/b19-12+,23-22?. The first-order chi connectivity index (χ1) is 13.9. The second-order valence-electron chi connectivity index (χ2n) is 6.65. The number of nitrogens with zero attached hydrogens (tertiary/aromatic N) is 2. The minimum Gasteiger partial charge on any atom is -0.491 e. The van der Waals surface area contributed by atoms with Gasteiger partial charge >= 0.3 is 5.97 Å². The smallest absolute Gasteiger partial charge is 0.335 e. The average Bonchev–Trinajstić information content (AvgIpc) is 2.96. The summed E-state index contributed by atoms with van der Waals surface area (Å²) in [6.45, 7) is 6.27. The molecule has 1 amide bonds. The summed E-state index contributed by atoms with van der Waals surface area (Å²) >= 11 is 1.27. The van der Waals surface area contributed by atoms with Gasteiger partial charge in [-0.2, -0.15) is 0 Å². The van der Waals surface area contributed by atoms with Gasteiger partial charge < -0.3 is 9.84 Å². The Kier molecular flexibility index (Phi) is 6.39. The third-order valence-corrected chi connectivity index (χ3v) is 5.06. The first-order valence-electron chi connectivity index (χ1n) is 9.27. The van der Waals surface area contributed by atoms with Crippen LogP contribution in [0.4, 0.5) is 5.69 Å². The van der Waals surface area contributed by atoms with Crippen molar-refractivity contribution in [3.8, 4) is 5.75 Å². The van der Waals surface area contributed by atoms with Gasteiger partial charge in [-0.25, -0.2) is 9.79 Å². The van der Waals surface area contributed by atoms with Gasteiger partial charge in [0.05, 0.1) is 22.3 Å². The molecule has 0 radical (unpaired) electrons. The molecule has 0 unspecified atom stereocenters. The molecule has 0 bridgehead atoms. The van der Waals surface area contributed by atoms with E-state index in [1.807, 2.05) is 51.1 Å². The van der Waals surface area contributed by atoms with Crippen LogP contribution in [-0.2, 0) is 4.79 Å². The molecule has 0 saturated carbocycles. The number of amides is 1. The van der Waals surface area contributed by atoms with Crippen molar-refractivity contribution in [2.45, 2.75) is 26.9 Å². The molecule has 1 aliphatic heterocycles. The first-order valence-corrected chi connectivity index (χ1v) is 10.1. The molecule has 0 atom stereocenters. The van der Waals surface area contributed by atoms with Gasteiger partial charge in [0.25, 0.3) is 5.91 Å². The maximum absolute atomic E-state index is 12.8. The SMILES string of the molecule is CCN1C(=O)/C(=C\c2cccc(OC(C)C)c2)SC1=Nc1cccc(C(=O)O)c1. The molecule has 1 aliphatic rings. The maximum atomic E-state index is 12.8. The number of likely N-dealkylation sites (N-methyl/N-ethyl adjacent to an activating group) is 1. The highest BCUT2D eigenvalue weighted by molar-refractivity contribution is 8.18. The van der Waals surface area contributed by atoms with Crippen molar-refractivity contribution in [2.75, 3.05) is 6.54 Å². The van der Waals surface area contributed by atoms with Gasteiger partial charge in [-0.1, -0.05) is 18.2 Å². The Morgan fingerprint density at radius 3 is 2.69 bits per heavy atom. The molecular formula is C22H22N2O4S. The van der Waals surface area contributed by atoms with Crippen molar-refractivity contribution in [2.24, 2.45) is 4.99 Å². The molecular weight excluding hydrogens is 388 g/mol. The van der Waals surface area contributed by atoms with Gasteiger partial charge in [-0.05, 0) is 74.5 Å². The van der Waals surface area contributed by atoms with Crippen molar-refractivity contribution in [3.63, 3.8) is 0 Å². The molecule has 1 heterocycles. The number of aliphatic imine (C=N–C) groups is 1. The van der Waals surface area contributed by atoms with Crippen LogP contribution in [0.25, 0.3) is 6.08 Å². The van der Waals surface area contributed by atoms with Gasteiger partial charge in [0.15, 0.2) is 5.17 Å². The van der Waals surface area contributed by atoms with Crippen LogP contribution in [0.2, 0.25) is 0 Å². The summed E-state index contributed by atoms with van der Waals surface area (Å²) in [4.78, 5) is 30.6. The van der Waals surface area contributed by atoms with Crippen molar-refractivity contribution in [3.05, 3.63) is 64.6 Å². The monoisotopic (exact) mass is 410 g/mol. The zero-order valence-electron chi connectivity index (χ0n) is 16.5. The van der Waals surface area contributed by atoms with Crippen LogP contribution in [0, 0.1) is 0 Å². The van der Waals surface area contributed by atoms with E-state index in [0.29, 0.717) is 22.3 Å². The Labute approximate surface area is 173 Å². The number of carboxylic acids is 1. The van der Waals surface area contributed by atoms with Crippen molar-refractivity contribution < 1.29 is 19.4 Å². The Balaban J connectivity index is 1.90. The second kappa shape index (κ2) is 8.96. The fraction of sp³-hybridized carbons (Fsp3) is 0.227. The van der Waals surface area contributed by atoms with E-state index in [1.165, 1.54) is 23.9 Å². The van der Waals surface area contributed by atoms with Gasteiger partial charge in [-0.3, -0.25) is 9.69 Å². The Morgan fingerprint density at radius 2 is 2.00 bits per heavy atom. The van der Waals surface area contributed by atoms with Crippen molar-refractivity contribution in [1.29, 1.82) is 0 Å². The number of rotatable bonds is 6. The molecule has 7 heteroatoms. The molecule has 2 aromatic carbocycles. The molecule has 1 fully saturated rings. The minimum atomic E-state index is -1.02. The molecule has 0 aliphatic carbocycles. The lowest BCUT2D eigenvalue weighted by molar-refractivity contribution is -0.122. The Hall–Kier alpha value is -3.06. The van der Waals surface area contributed by atoms with Crippen LogP contribution in [0.3, 0.4) is 0 Å². The van der Waals surface area contributed by atoms with Gasteiger partial charge in [0, 0.05) is 6.54 Å². The zero-order valence-corrected chi connectivity index (χ0v) is 17.3. The topological polar surface area (TPSA) is 79.2 Å². The zero-order chi connectivity index (χ0) is 21.0. The number of ether oxygens (including phenoxy) is 1. The molecule has 1 N–H and O–H groups in total. The number of thioether (sulfide) groups is 1. The number of carboxylic acid groups (broad SMARTS) is 1. The third-order valence-electron chi connectivity index (χ3n) is 4.05. The lowest BCUT2D eigenvalue weighted by Gasteiger charge is -2.12. The van der Waals surface area contributed by atoms with E-state index >= 15 is 0 Å². The Bertz CT molecular complexity index is 998. The summed E-state index contributed by atoms with van der Waals surface area (Å²) in [7, 11) is 0. The number of aromatic carboxylic acids is 1. The van der Waals surface area contributed by atoms with Crippen molar-refractivity contribution >= 4 is 40.6 Å². The molecule has 6 nitrogen and oxygen atoms in total. The first kappa shape index (κ1) is 20.7. The van der Waals surface area contributed by atoms with Crippen LogP contribution in [0.1, 0.15) is 36.7 Å². The maximum Gasteiger partial charge on any atom is 0.335 e. The predicted molar refractivity (Wildman–Crippen MR) is 116 cm³/mol.